The molecule has 14 heavy (non-hydrogen) atoms. The van der Waals surface area contributed by atoms with Crippen LogP contribution >= 0.6 is 0 Å². The van der Waals surface area contributed by atoms with Gasteiger partial charge < -0.3 is 15.8 Å². The van der Waals surface area contributed by atoms with Gasteiger partial charge in [0.05, 0.1) is 6.61 Å². The van der Waals surface area contributed by atoms with E-state index in [-0.39, 0.29) is 6.04 Å². The normalized spacial score (nSPS) is 43.3. The van der Waals surface area contributed by atoms with Gasteiger partial charge in [-0.15, -0.1) is 0 Å². The summed E-state index contributed by atoms with van der Waals surface area (Å²) in [5, 5.41) is 3.23. The molecule has 3 N–H and O–H groups in total. The molecule has 1 saturated heterocycles. The first kappa shape index (κ1) is 10.3. The van der Waals surface area contributed by atoms with Gasteiger partial charge in [0, 0.05) is 25.2 Å². The Balaban J connectivity index is 1.73. The molecule has 82 valence electrons. The molecular weight excluding hydrogens is 183 g/mol. The van der Waals surface area contributed by atoms with E-state index in [0.29, 0.717) is 25.4 Å². The van der Waals surface area contributed by atoms with Crippen LogP contribution in [0.2, 0.25) is 0 Å². The van der Waals surface area contributed by atoms with E-state index in [1.807, 2.05) is 0 Å². The molecule has 0 bridgehead atoms. The molecule has 0 aromatic heterocycles. The summed E-state index contributed by atoms with van der Waals surface area (Å²) < 4.78 is 19.2. The number of alkyl halides is 1. The lowest BCUT2D eigenvalue weighted by Gasteiger charge is -2.22. The number of halogens is 1. The summed E-state index contributed by atoms with van der Waals surface area (Å²) in [6.45, 7) is 1.97. The van der Waals surface area contributed by atoms with Crippen molar-refractivity contribution < 1.29 is 9.13 Å². The molecule has 0 aromatic carbocycles. The number of ether oxygens (including phenoxy) is 1. The highest BCUT2D eigenvalue weighted by molar-refractivity contribution is 4.94. The van der Waals surface area contributed by atoms with E-state index in [1.165, 1.54) is 0 Å². The second-order valence-electron chi connectivity index (χ2n) is 4.60. The van der Waals surface area contributed by atoms with Gasteiger partial charge in [-0.1, -0.05) is 0 Å². The standard InChI is InChI=1S/C10H19FN2O/c11-10(3-1-8(12)5-10)7-13-9-2-4-14-6-9/h8-9,13H,1-7,12H2. The summed E-state index contributed by atoms with van der Waals surface area (Å²) in [6, 6.07) is 0.404. The molecule has 1 saturated carbocycles. The third-order valence-electron chi connectivity index (χ3n) is 3.23. The molecule has 0 aromatic rings. The average Bonchev–Trinajstić information content (AvgIpc) is 2.73. The van der Waals surface area contributed by atoms with Crippen LogP contribution in [0.15, 0.2) is 0 Å². The minimum absolute atomic E-state index is 0.0571. The molecule has 4 heteroatoms. The number of hydrogen-bond acceptors (Lipinski definition) is 3. The minimum Gasteiger partial charge on any atom is -0.380 e. The summed E-state index contributed by atoms with van der Waals surface area (Å²) >= 11 is 0. The summed E-state index contributed by atoms with van der Waals surface area (Å²) in [7, 11) is 0. The predicted molar refractivity (Wildman–Crippen MR) is 52.9 cm³/mol. The van der Waals surface area contributed by atoms with E-state index < -0.39 is 5.67 Å². The van der Waals surface area contributed by atoms with Gasteiger partial charge in [-0.25, -0.2) is 4.39 Å². The molecule has 3 unspecified atom stereocenters. The Morgan fingerprint density at radius 1 is 1.50 bits per heavy atom. The Kier molecular flexibility index (Phi) is 3.04. The van der Waals surface area contributed by atoms with E-state index >= 15 is 0 Å². The van der Waals surface area contributed by atoms with E-state index in [4.69, 9.17) is 10.5 Å². The van der Waals surface area contributed by atoms with Crippen molar-refractivity contribution in [2.75, 3.05) is 19.8 Å². The van der Waals surface area contributed by atoms with Crippen LogP contribution in [0.4, 0.5) is 4.39 Å². The highest BCUT2D eigenvalue weighted by Crippen LogP contribution is 2.32. The van der Waals surface area contributed by atoms with Crippen molar-refractivity contribution in [3.8, 4) is 0 Å². The first-order valence-corrected chi connectivity index (χ1v) is 5.44. The third-order valence-corrected chi connectivity index (χ3v) is 3.23. The van der Waals surface area contributed by atoms with Crippen LogP contribution in [-0.2, 0) is 4.74 Å². The second-order valence-corrected chi connectivity index (χ2v) is 4.60. The maximum absolute atomic E-state index is 14.0. The first-order chi connectivity index (χ1) is 6.68. The maximum Gasteiger partial charge on any atom is 0.125 e. The van der Waals surface area contributed by atoms with Gasteiger partial charge in [0.1, 0.15) is 5.67 Å². The van der Waals surface area contributed by atoms with Crippen LogP contribution < -0.4 is 11.1 Å². The Labute approximate surface area is 84.2 Å². The molecular formula is C10H19FN2O. The topological polar surface area (TPSA) is 47.3 Å². The van der Waals surface area contributed by atoms with Crippen molar-refractivity contribution in [1.82, 2.24) is 5.32 Å². The zero-order valence-electron chi connectivity index (χ0n) is 8.47. The molecule has 1 aliphatic heterocycles. The van der Waals surface area contributed by atoms with Gasteiger partial charge in [0.25, 0.3) is 0 Å². The average molecular weight is 202 g/mol. The van der Waals surface area contributed by atoms with Gasteiger partial charge in [-0.05, 0) is 25.7 Å². The van der Waals surface area contributed by atoms with Crippen molar-refractivity contribution >= 4 is 0 Å². The van der Waals surface area contributed by atoms with Gasteiger partial charge in [-0.3, -0.25) is 0 Å². The van der Waals surface area contributed by atoms with Crippen LogP contribution in [0, 0.1) is 0 Å². The minimum atomic E-state index is -1.07. The van der Waals surface area contributed by atoms with Gasteiger partial charge in [-0.2, -0.15) is 0 Å². The molecule has 2 aliphatic rings. The van der Waals surface area contributed by atoms with Crippen molar-refractivity contribution in [3.05, 3.63) is 0 Å². The highest BCUT2D eigenvalue weighted by Gasteiger charge is 2.38. The molecule has 1 aliphatic carbocycles. The SMILES string of the molecule is NC1CCC(F)(CNC2CCOC2)C1. The number of hydrogen-bond donors (Lipinski definition) is 2. The molecule has 3 nitrogen and oxygen atoms in total. The molecule has 0 amide bonds. The first-order valence-electron chi connectivity index (χ1n) is 5.44. The van der Waals surface area contributed by atoms with Gasteiger partial charge >= 0.3 is 0 Å². The van der Waals surface area contributed by atoms with E-state index in [2.05, 4.69) is 5.32 Å². The van der Waals surface area contributed by atoms with Crippen LogP contribution in [0.25, 0.3) is 0 Å². The molecule has 1 heterocycles. The van der Waals surface area contributed by atoms with Crippen LogP contribution in [0.1, 0.15) is 25.7 Å². The van der Waals surface area contributed by atoms with Crippen molar-refractivity contribution in [2.45, 2.75) is 43.4 Å². The maximum atomic E-state index is 14.0. The Bertz CT molecular complexity index is 197. The quantitative estimate of drug-likeness (QED) is 0.704. The van der Waals surface area contributed by atoms with Gasteiger partial charge in [0.2, 0.25) is 0 Å². The second kappa shape index (κ2) is 4.13. The fourth-order valence-electron chi connectivity index (χ4n) is 2.30. The van der Waals surface area contributed by atoms with Crippen LogP contribution in [0.5, 0.6) is 0 Å². The molecule has 2 fully saturated rings. The number of nitrogens with two attached hydrogens (primary N) is 1. The zero-order valence-corrected chi connectivity index (χ0v) is 8.47. The fraction of sp³-hybridized carbons (Fsp3) is 1.00. The third kappa shape index (κ3) is 2.43. The smallest absolute Gasteiger partial charge is 0.125 e. The summed E-state index contributed by atoms with van der Waals surface area (Å²) in [6.07, 6.45) is 2.93. The van der Waals surface area contributed by atoms with E-state index in [0.717, 1.165) is 26.1 Å². The predicted octanol–water partition coefficient (Wildman–Crippen LogP) is 0.584. The van der Waals surface area contributed by atoms with Crippen molar-refractivity contribution in [1.29, 1.82) is 0 Å². The van der Waals surface area contributed by atoms with Crippen LogP contribution in [-0.4, -0.2) is 37.5 Å². The summed E-state index contributed by atoms with van der Waals surface area (Å²) in [5.41, 5.74) is 4.63. The fourth-order valence-corrected chi connectivity index (χ4v) is 2.30. The van der Waals surface area contributed by atoms with E-state index in [9.17, 15) is 4.39 Å². The molecule has 3 atom stereocenters. The molecule has 2 rings (SSSR count). The summed E-state index contributed by atoms with van der Waals surface area (Å²) in [5.74, 6) is 0. The van der Waals surface area contributed by atoms with Crippen molar-refractivity contribution in [3.63, 3.8) is 0 Å². The number of rotatable bonds is 3. The lowest BCUT2D eigenvalue weighted by molar-refractivity contribution is 0.152. The number of nitrogens with one attached hydrogen (secondary N) is 1. The van der Waals surface area contributed by atoms with E-state index in [1.54, 1.807) is 0 Å². The molecule has 0 spiro atoms. The lowest BCUT2D eigenvalue weighted by Crippen LogP contribution is -2.41. The Morgan fingerprint density at radius 2 is 2.36 bits per heavy atom. The Hall–Kier alpha value is -0.190. The summed E-state index contributed by atoms with van der Waals surface area (Å²) in [4.78, 5) is 0. The largest absolute Gasteiger partial charge is 0.380 e. The van der Waals surface area contributed by atoms with Gasteiger partial charge in [0.15, 0.2) is 0 Å². The molecule has 0 radical (unpaired) electrons. The highest BCUT2D eigenvalue weighted by atomic mass is 19.1. The monoisotopic (exact) mass is 202 g/mol. The Morgan fingerprint density at radius 3 is 2.93 bits per heavy atom. The van der Waals surface area contributed by atoms with Crippen LogP contribution in [0.3, 0.4) is 0 Å². The zero-order chi connectivity index (χ0) is 10.0. The lowest BCUT2D eigenvalue weighted by atomic mass is 10.0. The van der Waals surface area contributed by atoms with Crippen molar-refractivity contribution in [2.24, 2.45) is 5.73 Å².